The number of anilines is 1. The highest BCUT2D eigenvalue weighted by Gasteiger charge is 2.14. The van der Waals surface area contributed by atoms with Gasteiger partial charge in [-0.3, -0.25) is 0 Å². The summed E-state index contributed by atoms with van der Waals surface area (Å²) >= 11 is 0. The number of fused-ring (bicyclic) bond motifs is 1. The molecule has 1 heterocycles. The summed E-state index contributed by atoms with van der Waals surface area (Å²) in [4.78, 5) is 9.31. The van der Waals surface area contributed by atoms with Gasteiger partial charge in [0.15, 0.2) is 5.82 Å². The number of nitrogens with one attached hydrogen (secondary N) is 1. The molecule has 0 aliphatic rings. The second-order valence-corrected chi connectivity index (χ2v) is 5.23. The standard InChI is InChI=1S/C18H16N4O/c1-22(13-7-3-2-4-8-13)12-17(23)14(11-19)18-20-15-9-5-6-10-16(15)21-18/h2-10,23H,12H2,1H3,(H,20,21). The van der Waals surface area contributed by atoms with Crippen molar-refractivity contribution in [1.29, 1.82) is 5.26 Å². The lowest BCUT2D eigenvalue weighted by molar-refractivity contribution is 0.404. The predicted molar refractivity (Wildman–Crippen MR) is 91.0 cm³/mol. The number of nitrogens with zero attached hydrogens (tertiary/aromatic N) is 3. The van der Waals surface area contributed by atoms with E-state index < -0.39 is 0 Å². The highest BCUT2D eigenvalue weighted by molar-refractivity contribution is 5.83. The molecule has 3 rings (SSSR count). The van der Waals surface area contributed by atoms with Gasteiger partial charge in [0, 0.05) is 12.7 Å². The van der Waals surface area contributed by atoms with Crippen LogP contribution in [0.25, 0.3) is 16.6 Å². The van der Waals surface area contributed by atoms with Crippen molar-refractivity contribution in [3.63, 3.8) is 0 Å². The molecule has 0 atom stereocenters. The molecule has 0 radical (unpaired) electrons. The molecule has 2 aromatic carbocycles. The van der Waals surface area contributed by atoms with E-state index in [1.807, 2.05) is 72.6 Å². The van der Waals surface area contributed by atoms with E-state index in [1.54, 1.807) is 0 Å². The number of likely N-dealkylation sites (N-methyl/N-ethyl adjacent to an activating group) is 1. The number of H-pyrrole nitrogens is 1. The zero-order valence-electron chi connectivity index (χ0n) is 12.7. The fourth-order valence-electron chi connectivity index (χ4n) is 2.40. The van der Waals surface area contributed by atoms with E-state index in [1.165, 1.54) is 0 Å². The lowest BCUT2D eigenvalue weighted by Crippen LogP contribution is -2.20. The zero-order chi connectivity index (χ0) is 16.2. The Labute approximate surface area is 134 Å². The molecule has 0 aliphatic heterocycles. The molecule has 0 amide bonds. The first-order valence-corrected chi connectivity index (χ1v) is 7.22. The van der Waals surface area contributed by atoms with Crippen LogP contribution in [0, 0.1) is 11.3 Å². The average molecular weight is 304 g/mol. The molecule has 0 fully saturated rings. The summed E-state index contributed by atoms with van der Waals surface area (Å²) in [6, 6.07) is 19.2. The number of benzene rings is 2. The summed E-state index contributed by atoms with van der Waals surface area (Å²) in [5.41, 5.74) is 2.71. The topological polar surface area (TPSA) is 75.9 Å². The third-order valence-corrected chi connectivity index (χ3v) is 3.61. The minimum atomic E-state index is -0.0158. The van der Waals surface area contributed by atoms with Crippen LogP contribution in [0.2, 0.25) is 0 Å². The lowest BCUT2D eigenvalue weighted by Gasteiger charge is -2.18. The van der Waals surface area contributed by atoms with Gasteiger partial charge in [-0.15, -0.1) is 0 Å². The maximum Gasteiger partial charge on any atom is 0.152 e. The van der Waals surface area contributed by atoms with Crippen LogP contribution >= 0.6 is 0 Å². The van der Waals surface area contributed by atoms with Crippen LogP contribution < -0.4 is 4.90 Å². The SMILES string of the molecule is CN(CC(O)=C(C#N)c1nc2ccccc2[nH]1)c1ccccc1. The highest BCUT2D eigenvalue weighted by Crippen LogP contribution is 2.20. The zero-order valence-corrected chi connectivity index (χ0v) is 12.7. The first kappa shape index (κ1) is 14.7. The van der Waals surface area contributed by atoms with Gasteiger partial charge in [-0.1, -0.05) is 30.3 Å². The Bertz CT molecular complexity index is 857. The molecular formula is C18H16N4O. The largest absolute Gasteiger partial charge is 0.509 e. The second-order valence-electron chi connectivity index (χ2n) is 5.23. The van der Waals surface area contributed by atoms with E-state index in [0.717, 1.165) is 16.7 Å². The molecule has 0 spiro atoms. The predicted octanol–water partition coefficient (Wildman–Crippen LogP) is 3.49. The third kappa shape index (κ3) is 3.01. The van der Waals surface area contributed by atoms with Gasteiger partial charge >= 0.3 is 0 Å². The van der Waals surface area contributed by atoms with E-state index >= 15 is 0 Å². The number of hydrogen-bond acceptors (Lipinski definition) is 4. The van der Waals surface area contributed by atoms with Crippen molar-refractivity contribution < 1.29 is 5.11 Å². The van der Waals surface area contributed by atoms with Gasteiger partial charge < -0.3 is 15.0 Å². The number of allylic oxidation sites excluding steroid dienone is 1. The summed E-state index contributed by atoms with van der Waals surface area (Å²) in [6.45, 7) is 0.226. The molecule has 23 heavy (non-hydrogen) atoms. The Balaban J connectivity index is 1.92. The number of imidazole rings is 1. The smallest absolute Gasteiger partial charge is 0.152 e. The fraction of sp³-hybridized carbons (Fsp3) is 0.111. The Morgan fingerprint density at radius 2 is 1.87 bits per heavy atom. The number of para-hydroxylation sites is 3. The van der Waals surface area contributed by atoms with Gasteiger partial charge in [0.25, 0.3) is 0 Å². The van der Waals surface area contributed by atoms with Crippen LogP contribution in [-0.4, -0.2) is 28.7 Å². The van der Waals surface area contributed by atoms with Crippen molar-refractivity contribution in [3.05, 3.63) is 66.2 Å². The Morgan fingerprint density at radius 3 is 2.57 bits per heavy atom. The van der Waals surface area contributed by atoms with E-state index in [0.29, 0.717) is 5.82 Å². The summed E-state index contributed by atoms with van der Waals surface area (Å²) < 4.78 is 0. The molecule has 2 N–H and O–H groups in total. The normalized spacial score (nSPS) is 11.8. The number of aromatic nitrogens is 2. The number of hydrogen-bond donors (Lipinski definition) is 2. The molecule has 0 saturated carbocycles. The lowest BCUT2D eigenvalue weighted by atomic mass is 10.2. The third-order valence-electron chi connectivity index (χ3n) is 3.61. The molecule has 0 aliphatic carbocycles. The van der Waals surface area contributed by atoms with Crippen molar-refractivity contribution >= 4 is 22.3 Å². The van der Waals surface area contributed by atoms with Crippen LogP contribution in [-0.2, 0) is 0 Å². The molecular weight excluding hydrogens is 288 g/mol. The summed E-state index contributed by atoms with van der Waals surface area (Å²) in [5.74, 6) is 0.366. The quantitative estimate of drug-likeness (QED) is 0.571. The van der Waals surface area contributed by atoms with E-state index in [2.05, 4.69) is 9.97 Å². The fourth-order valence-corrected chi connectivity index (χ4v) is 2.40. The summed E-state index contributed by atoms with van der Waals surface area (Å²) in [6.07, 6.45) is 0. The molecule has 3 aromatic rings. The molecule has 114 valence electrons. The monoisotopic (exact) mass is 304 g/mol. The van der Waals surface area contributed by atoms with Crippen LogP contribution in [0.1, 0.15) is 5.82 Å². The Morgan fingerprint density at radius 1 is 1.17 bits per heavy atom. The van der Waals surface area contributed by atoms with Gasteiger partial charge in [0.2, 0.25) is 0 Å². The Kier molecular flexibility index (Phi) is 3.98. The number of aromatic amines is 1. The van der Waals surface area contributed by atoms with E-state index in [4.69, 9.17) is 0 Å². The number of nitriles is 1. The first-order valence-electron chi connectivity index (χ1n) is 7.22. The van der Waals surface area contributed by atoms with E-state index in [9.17, 15) is 10.4 Å². The van der Waals surface area contributed by atoms with Gasteiger partial charge in [-0.2, -0.15) is 5.26 Å². The number of aliphatic hydroxyl groups excluding tert-OH is 1. The molecule has 0 saturated heterocycles. The highest BCUT2D eigenvalue weighted by atomic mass is 16.3. The molecule has 0 unspecified atom stereocenters. The van der Waals surface area contributed by atoms with Crippen LogP contribution in [0.5, 0.6) is 0 Å². The summed E-state index contributed by atoms with van der Waals surface area (Å²) in [7, 11) is 1.86. The number of aliphatic hydroxyl groups is 1. The van der Waals surface area contributed by atoms with Crippen LogP contribution in [0.3, 0.4) is 0 Å². The maximum absolute atomic E-state index is 10.4. The minimum Gasteiger partial charge on any atom is -0.509 e. The van der Waals surface area contributed by atoms with Crippen LogP contribution in [0.15, 0.2) is 60.4 Å². The Hall–Kier alpha value is -3.26. The molecule has 5 heteroatoms. The van der Waals surface area contributed by atoms with Gasteiger partial charge in [-0.25, -0.2) is 4.98 Å². The van der Waals surface area contributed by atoms with Gasteiger partial charge in [0.05, 0.1) is 17.6 Å². The molecule has 0 bridgehead atoms. The molecule has 5 nitrogen and oxygen atoms in total. The van der Waals surface area contributed by atoms with E-state index in [-0.39, 0.29) is 17.9 Å². The van der Waals surface area contributed by atoms with Crippen LogP contribution in [0.4, 0.5) is 5.69 Å². The second kappa shape index (κ2) is 6.24. The molecule has 1 aromatic heterocycles. The number of rotatable bonds is 4. The maximum atomic E-state index is 10.4. The average Bonchev–Trinajstić information content (AvgIpc) is 2.99. The van der Waals surface area contributed by atoms with Crippen molar-refractivity contribution in [2.24, 2.45) is 0 Å². The first-order chi connectivity index (χ1) is 11.2. The minimum absolute atomic E-state index is 0.0158. The van der Waals surface area contributed by atoms with Crippen molar-refractivity contribution in [2.75, 3.05) is 18.5 Å². The van der Waals surface area contributed by atoms with Crippen molar-refractivity contribution in [2.45, 2.75) is 0 Å². The summed E-state index contributed by atoms with van der Waals surface area (Å²) in [5, 5.41) is 19.8. The van der Waals surface area contributed by atoms with Crippen molar-refractivity contribution in [3.8, 4) is 6.07 Å². The van der Waals surface area contributed by atoms with Crippen molar-refractivity contribution in [1.82, 2.24) is 9.97 Å². The van der Waals surface area contributed by atoms with Gasteiger partial charge in [0.1, 0.15) is 17.4 Å². The van der Waals surface area contributed by atoms with Gasteiger partial charge in [-0.05, 0) is 24.3 Å².